The Bertz CT molecular complexity index is 692. The highest BCUT2D eigenvalue weighted by Crippen LogP contribution is 2.36. The first kappa shape index (κ1) is 15.5. The van der Waals surface area contributed by atoms with E-state index in [1.165, 1.54) is 12.1 Å². The zero-order valence-electron chi connectivity index (χ0n) is 10.1. The Morgan fingerprint density at radius 2 is 2.00 bits per heavy atom. The van der Waals surface area contributed by atoms with Crippen LogP contribution in [-0.2, 0) is 6.18 Å². The van der Waals surface area contributed by atoms with E-state index in [-0.39, 0.29) is 5.75 Å². The van der Waals surface area contributed by atoms with Gasteiger partial charge in [0.05, 0.1) is 4.92 Å². The molecule has 0 aliphatic carbocycles. The molecule has 0 saturated carbocycles. The Balaban J connectivity index is 2.46. The van der Waals surface area contributed by atoms with Crippen molar-refractivity contribution in [2.75, 3.05) is 0 Å². The highest BCUT2D eigenvalue weighted by molar-refractivity contribution is 14.1. The molecule has 0 spiro atoms. The molecule has 110 valence electrons. The van der Waals surface area contributed by atoms with E-state index >= 15 is 0 Å². The Hall–Kier alpha value is -1.91. The van der Waals surface area contributed by atoms with Crippen molar-refractivity contribution in [3.63, 3.8) is 0 Å². The van der Waals surface area contributed by atoms with Crippen LogP contribution in [0, 0.1) is 13.7 Å². The molecule has 0 unspecified atom stereocenters. The van der Waals surface area contributed by atoms with E-state index in [1.807, 2.05) is 22.6 Å². The molecule has 0 aliphatic heterocycles. The summed E-state index contributed by atoms with van der Waals surface area (Å²) in [5.41, 5.74) is -1.89. The third kappa shape index (κ3) is 3.80. The van der Waals surface area contributed by atoms with Gasteiger partial charge in [0, 0.05) is 9.64 Å². The lowest BCUT2D eigenvalue weighted by molar-refractivity contribution is -0.386. The number of benzene rings is 1. The second-order valence-electron chi connectivity index (χ2n) is 3.85. The van der Waals surface area contributed by atoms with Crippen molar-refractivity contribution in [3.8, 4) is 11.5 Å². The highest BCUT2D eigenvalue weighted by Gasteiger charge is 2.34. The molecule has 0 fully saturated rings. The average molecular weight is 410 g/mol. The highest BCUT2D eigenvalue weighted by atomic mass is 127. The first-order valence-electron chi connectivity index (χ1n) is 5.42. The molecule has 0 amide bonds. The van der Waals surface area contributed by atoms with Crippen LogP contribution in [0.25, 0.3) is 0 Å². The topological polar surface area (TPSA) is 65.3 Å². The van der Waals surface area contributed by atoms with Crippen molar-refractivity contribution in [2.45, 2.75) is 6.18 Å². The third-order valence-corrected chi connectivity index (χ3v) is 3.03. The van der Waals surface area contributed by atoms with Gasteiger partial charge in [-0.05, 0) is 40.8 Å². The molecule has 21 heavy (non-hydrogen) atoms. The quantitative estimate of drug-likeness (QED) is 0.428. The van der Waals surface area contributed by atoms with Gasteiger partial charge in [0.15, 0.2) is 0 Å². The molecule has 1 aromatic carbocycles. The van der Waals surface area contributed by atoms with E-state index in [2.05, 4.69) is 4.98 Å². The number of rotatable bonds is 3. The standard InChI is InChI=1S/C12H6F3IN2O3/c13-12(14,15)11-5-10(9(6-17-11)18(19)20)21-8-3-1-2-7(16)4-8/h1-6H. The van der Waals surface area contributed by atoms with E-state index in [1.54, 1.807) is 12.1 Å². The third-order valence-electron chi connectivity index (χ3n) is 2.36. The van der Waals surface area contributed by atoms with E-state index in [9.17, 15) is 23.3 Å². The first-order chi connectivity index (χ1) is 9.77. The summed E-state index contributed by atoms with van der Waals surface area (Å²) >= 11 is 1.98. The number of halogens is 4. The average Bonchev–Trinajstić information content (AvgIpc) is 2.37. The van der Waals surface area contributed by atoms with E-state index < -0.39 is 28.2 Å². The fourth-order valence-electron chi connectivity index (χ4n) is 1.46. The van der Waals surface area contributed by atoms with E-state index in [0.717, 1.165) is 3.57 Å². The number of hydrogen-bond acceptors (Lipinski definition) is 4. The van der Waals surface area contributed by atoms with Crippen molar-refractivity contribution >= 4 is 28.3 Å². The van der Waals surface area contributed by atoms with Crippen LogP contribution in [-0.4, -0.2) is 9.91 Å². The van der Waals surface area contributed by atoms with Crippen molar-refractivity contribution in [2.24, 2.45) is 0 Å². The van der Waals surface area contributed by atoms with Crippen molar-refractivity contribution in [1.29, 1.82) is 0 Å². The van der Waals surface area contributed by atoms with Crippen LogP contribution in [0.3, 0.4) is 0 Å². The number of pyridine rings is 1. The summed E-state index contributed by atoms with van der Waals surface area (Å²) < 4.78 is 43.8. The van der Waals surface area contributed by atoms with Gasteiger partial charge in [0.1, 0.15) is 17.6 Å². The Kier molecular flexibility index (Phi) is 4.30. The number of alkyl halides is 3. The lowest BCUT2D eigenvalue weighted by Gasteiger charge is -2.10. The number of aromatic nitrogens is 1. The minimum absolute atomic E-state index is 0.198. The van der Waals surface area contributed by atoms with Gasteiger partial charge >= 0.3 is 11.9 Å². The molecule has 5 nitrogen and oxygen atoms in total. The summed E-state index contributed by atoms with van der Waals surface area (Å²) in [6.45, 7) is 0. The molecule has 1 heterocycles. The predicted molar refractivity (Wildman–Crippen MR) is 75.1 cm³/mol. The molecule has 0 aliphatic rings. The zero-order valence-corrected chi connectivity index (χ0v) is 12.3. The van der Waals surface area contributed by atoms with Crippen molar-refractivity contribution in [1.82, 2.24) is 4.98 Å². The summed E-state index contributed by atoms with van der Waals surface area (Å²) in [5.74, 6) is -0.311. The minimum Gasteiger partial charge on any atom is -0.450 e. The van der Waals surface area contributed by atoms with Crippen LogP contribution in [0.2, 0.25) is 0 Å². The second-order valence-corrected chi connectivity index (χ2v) is 5.10. The fraction of sp³-hybridized carbons (Fsp3) is 0.0833. The minimum atomic E-state index is -4.71. The predicted octanol–water partition coefficient (Wildman–Crippen LogP) is 4.41. The van der Waals surface area contributed by atoms with Crippen LogP contribution >= 0.6 is 22.6 Å². The summed E-state index contributed by atoms with van der Waals surface area (Å²) in [6, 6.07) is 6.90. The molecule has 2 aromatic rings. The molecule has 1 aromatic heterocycles. The van der Waals surface area contributed by atoms with Crippen LogP contribution < -0.4 is 4.74 Å². The zero-order chi connectivity index (χ0) is 15.6. The lowest BCUT2D eigenvalue weighted by atomic mass is 10.3. The maximum Gasteiger partial charge on any atom is 0.433 e. The maximum absolute atomic E-state index is 12.6. The molecule has 0 atom stereocenters. The van der Waals surface area contributed by atoms with E-state index in [4.69, 9.17) is 4.74 Å². The van der Waals surface area contributed by atoms with Gasteiger partial charge < -0.3 is 4.74 Å². The van der Waals surface area contributed by atoms with Gasteiger partial charge in [-0.3, -0.25) is 10.1 Å². The molecular formula is C12H6F3IN2O3. The molecule has 2 rings (SSSR count). The smallest absolute Gasteiger partial charge is 0.433 e. The largest absolute Gasteiger partial charge is 0.450 e. The first-order valence-corrected chi connectivity index (χ1v) is 6.50. The number of nitrogens with zero attached hydrogens (tertiary/aromatic N) is 2. The van der Waals surface area contributed by atoms with Gasteiger partial charge in [-0.15, -0.1) is 0 Å². The summed E-state index contributed by atoms with van der Waals surface area (Å²) in [4.78, 5) is 13.0. The molecule has 0 N–H and O–H groups in total. The lowest BCUT2D eigenvalue weighted by Crippen LogP contribution is -2.08. The number of ether oxygens (including phenoxy) is 1. The monoisotopic (exact) mass is 410 g/mol. The summed E-state index contributed by atoms with van der Waals surface area (Å²) in [6.07, 6.45) is -4.18. The molecule has 0 saturated heterocycles. The normalized spacial score (nSPS) is 11.2. The van der Waals surface area contributed by atoms with Crippen LogP contribution in [0.15, 0.2) is 36.5 Å². The summed E-state index contributed by atoms with van der Waals surface area (Å²) in [5, 5.41) is 10.8. The fourth-order valence-corrected chi connectivity index (χ4v) is 1.98. The second kappa shape index (κ2) is 5.84. The van der Waals surface area contributed by atoms with Gasteiger partial charge in [-0.2, -0.15) is 13.2 Å². The van der Waals surface area contributed by atoms with Crippen molar-refractivity contribution in [3.05, 3.63) is 55.9 Å². The molecule has 0 radical (unpaired) electrons. The van der Waals surface area contributed by atoms with Crippen LogP contribution in [0.5, 0.6) is 11.5 Å². The van der Waals surface area contributed by atoms with Gasteiger partial charge in [-0.25, -0.2) is 4.98 Å². The van der Waals surface area contributed by atoms with Crippen LogP contribution in [0.4, 0.5) is 18.9 Å². The van der Waals surface area contributed by atoms with Crippen LogP contribution in [0.1, 0.15) is 5.69 Å². The van der Waals surface area contributed by atoms with Gasteiger partial charge in [0.2, 0.25) is 5.75 Å². The van der Waals surface area contributed by atoms with E-state index in [0.29, 0.717) is 12.3 Å². The Morgan fingerprint density at radius 1 is 1.29 bits per heavy atom. The van der Waals surface area contributed by atoms with Gasteiger partial charge in [0.25, 0.3) is 0 Å². The Labute approximate surface area is 130 Å². The Morgan fingerprint density at radius 3 is 2.57 bits per heavy atom. The SMILES string of the molecule is O=[N+]([O-])c1cnc(C(F)(F)F)cc1Oc1cccc(I)c1. The molecule has 0 bridgehead atoms. The molecule has 9 heteroatoms. The molecular weight excluding hydrogens is 404 g/mol. The summed E-state index contributed by atoms with van der Waals surface area (Å²) in [7, 11) is 0. The number of nitro groups is 1. The number of hydrogen-bond donors (Lipinski definition) is 0. The maximum atomic E-state index is 12.6. The van der Waals surface area contributed by atoms with Gasteiger partial charge in [-0.1, -0.05) is 6.07 Å². The van der Waals surface area contributed by atoms with Crippen molar-refractivity contribution < 1.29 is 22.8 Å².